The SMILES string of the molecule is O=C(Cc1csc(N2CCCC2=O)n1)Nc1ccccn1. The van der Waals surface area contributed by atoms with Crippen molar-refractivity contribution in [3.8, 4) is 0 Å². The van der Waals surface area contributed by atoms with E-state index >= 15 is 0 Å². The predicted molar refractivity (Wildman–Crippen MR) is 80.3 cm³/mol. The molecule has 1 aliphatic rings. The molecule has 3 rings (SSSR count). The molecule has 0 bridgehead atoms. The van der Waals surface area contributed by atoms with Crippen LogP contribution < -0.4 is 10.2 Å². The fraction of sp³-hybridized carbons (Fsp3) is 0.286. The van der Waals surface area contributed by atoms with Crippen molar-refractivity contribution in [3.05, 3.63) is 35.5 Å². The minimum Gasteiger partial charge on any atom is -0.310 e. The molecule has 1 fully saturated rings. The molecule has 0 radical (unpaired) electrons. The van der Waals surface area contributed by atoms with Crippen molar-refractivity contribution in [2.45, 2.75) is 19.3 Å². The van der Waals surface area contributed by atoms with Crippen LogP contribution >= 0.6 is 11.3 Å². The van der Waals surface area contributed by atoms with E-state index < -0.39 is 0 Å². The van der Waals surface area contributed by atoms with Gasteiger partial charge in [0.2, 0.25) is 11.8 Å². The lowest BCUT2D eigenvalue weighted by Gasteiger charge is -2.10. The first kappa shape index (κ1) is 13.7. The van der Waals surface area contributed by atoms with Crippen molar-refractivity contribution in [2.24, 2.45) is 0 Å². The molecule has 2 amide bonds. The van der Waals surface area contributed by atoms with E-state index in [1.165, 1.54) is 11.3 Å². The second-order valence-corrected chi connectivity index (χ2v) is 5.55. The van der Waals surface area contributed by atoms with Crippen LogP contribution in [0.5, 0.6) is 0 Å². The van der Waals surface area contributed by atoms with Gasteiger partial charge in [0.05, 0.1) is 12.1 Å². The fourth-order valence-corrected chi connectivity index (χ4v) is 3.01. The van der Waals surface area contributed by atoms with Crippen LogP contribution in [0, 0.1) is 0 Å². The number of hydrogen-bond acceptors (Lipinski definition) is 5. The Balaban J connectivity index is 1.62. The van der Waals surface area contributed by atoms with E-state index in [1.54, 1.807) is 23.2 Å². The number of amides is 2. The number of carbonyl (C=O) groups is 2. The van der Waals surface area contributed by atoms with Gasteiger partial charge in [0.25, 0.3) is 0 Å². The smallest absolute Gasteiger partial charge is 0.231 e. The lowest BCUT2D eigenvalue weighted by atomic mass is 10.3. The molecule has 21 heavy (non-hydrogen) atoms. The number of pyridine rings is 1. The van der Waals surface area contributed by atoms with Crippen LogP contribution in [0.25, 0.3) is 0 Å². The van der Waals surface area contributed by atoms with Crippen LogP contribution in [0.1, 0.15) is 18.5 Å². The normalized spacial score (nSPS) is 14.5. The number of anilines is 2. The summed E-state index contributed by atoms with van der Waals surface area (Å²) in [6.45, 7) is 0.714. The standard InChI is InChI=1S/C14H14N4O2S/c19-12(17-11-4-1-2-6-15-11)8-10-9-21-14(16-10)18-7-3-5-13(18)20/h1-2,4,6,9H,3,5,7-8H2,(H,15,17,19). The molecule has 2 aromatic heterocycles. The van der Waals surface area contributed by atoms with Crippen molar-refractivity contribution in [2.75, 3.05) is 16.8 Å². The second-order valence-electron chi connectivity index (χ2n) is 4.71. The maximum Gasteiger partial charge on any atom is 0.231 e. The highest BCUT2D eigenvalue weighted by Gasteiger charge is 2.24. The van der Waals surface area contributed by atoms with Crippen LogP contribution in [0.2, 0.25) is 0 Å². The zero-order chi connectivity index (χ0) is 14.7. The Kier molecular flexibility index (Phi) is 3.92. The van der Waals surface area contributed by atoms with E-state index in [4.69, 9.17) is 0 Å². The molecule has 0 aliphatic carbocycles. The number of thiazole rings is 1. The van der Waals surface area contributed by atoms with Crippen LogP contribution in [0.4, 0.5) is 10.9 Å². The van der Waals surface area contributed by atoms with Gasteiger partial charge in [-0.1, -0.05) is 6.07 Å². The summed E-state index contributed by atoms with van der Waals surface area (Å²) >= 11 is 1.40. The minimum atomic E-state index is -0.168. The lowest BCUT2D eigenvalue weighted by Crippen LogP contribution is -2.23. The third-order valence-electron chi connectivity index (χ3n) is 3.12. The molecular weight excluding hydrogens is 288 g/mol. The average Bonchev–Trinajstić information content (AvgIpc) is 3.08. The van der Waals surface area contributed by atoms with E-state index in [1.807, 2.05) is 11.4 Å². The highest BCUT2D eigenvalue weighted by molar-refractivity contribution is 7.14. The summed E-state index contributed by atoms with van der Waals surface area (Å²) in [5.74, 6) is 0.458. The number of nitrogens with zero attached hydrogens (tertiary/aromatic N) is 3. The molecule has 3 heterocycles. The monoisotopic (exact) mass is 302 g/mol. The number of carbonyl (C=O) groups excluding carboxylic acids is 2. The molecule has 2 aromatic rings. The van der Waals surface area contributed by atoms with Gasteiger partial charge in [-0.3, -0.25) is 14.5 Å². The minimum absolute atomic E-state index is 0.105. The van der Waals surface area contributed by atoms with Crippen LogP contribution in [-0.2, 0) is 16.0 Å². The van der Waals surface area contributed by atoms with Gasteiger partial charge in [-0.25, -0.2) is 9.97 Å². The molecule has 0 spiro atoms. The summed E-state index contributed by atoms with van der Waals surface area (Å²) < 4.78 is 0. The molecule has 0 saturated carbocycles. The predicted octanol–water partition coefficient (Wildman–Crippen LogP) is 1.85. The van der Waals surface area contributed by atoms with E-state index in [-0.39, 0.29) is 18.2 Å². The van der Waals surface area contributed by atoms with Crippen molar-refractivity contribution in [1.82, 2.24) is 9.97 Å². The first-order valence-corrected chi connectivity index (χ1v) is 7.56. The summed E-state index contributed by atoms with van der Waals surface area (Å²) in [4.78, 5) is 33.6. The Bertz CT molecular complexity index is 656. The lowest BCUT2D eigenvalue weighted by molar-refractivity contribution is -0.117. The van der Waals surface area contributed by atoms with E-state index in [2.05, 4.69) is 15.3 Å². The Hall–Kier alpha value is -2.28. The average molecular weight is 302 g/mol. The van der Waals surface area contributed by atoms with E-state index in [0.29, 0.717) is 29.6 Å². The Labute approximate surface area is 125 Å². The highest BCUT2D eigenvalue weighted by atomic mass is 32.1. The Morgan fingerprint density at radius 1 is 1.43 bits per heavy atom. The van der Waals surface area contributed by atoms with E-state index in [0.717, 1.165) is 6.42 Å². The number of aromatic nitrogens is 2. The number of nitrogens with one attached hydrogen (secondary N) is 1. The molecule has 1 saturated heterocycles. The van der Waals surface area contributed by atoms with Gasteiger partial charge >= 0.3 is 0 Å². The van der Waals surface area contributed by atoms with Crippen molar-refractivity contribution in [1.29, 1.82) is 0 Å². The summed E-state index contributed by atoms with van der Waals surface area (Å²) in [5.41, 5.74) is 0.670. The fourth-order valence-electron chi connectivity index (χ4n) is 2.14. The summed E-state index contributed by atoms with van der Waals surface area (Å²) in [6.07, 6.45) is 3.24. The number of hydrogen-bond donors (Lipinski definition) is 1. The topological polar surface area (TPSA) is 75.2 Å². The second kappa shape index (κ2) is 6.01. The molecule has 6 nitrogen and oxygen atoms in total. The first-order valence-electron chi connectivity index (χ1n) is 6.68. The molecule has 108 valence electrons. The summed E-state index contributed by atoms with van der Waals surface area (Å²) in [5, 5.41) is 5.21. The highest BCUT2D eigenvalue weighted by Crippen LogP contribution is 2.25. The molecular formula is C14H14N4O2S. The Morgan fingerprint density at radius 2 is 2.33 bits per heavy atom. The summed E-state index contributed by atoms with van der Waals surface area (Å²) in [7, 11) is 0. The van der Waals surface area contributed by atoms with Crippen molar-refractivity contribution >= 4 is 34.1 Å². The molecule has 0 unspecified atom stereocenters. The quantitative estimate of drug-likeness (QED) is 0.935. The molecule has 0 aromatic carbocycles. The zero-order valence-electron chi connectivity index (χ0n) is 11.3. The zero-order valence-corrected chi connectivity index (χ0v) is 12.1. The third-order valence-corrected chi connectivity index (χ3v) is 4.03. The van der Waals surface area contributed by atoms with Gasteiger partial charge in [0.1, 0.15) is 5.82 Å². The van der Waals surface area contributed by atoms with E-state index in [9.17, 15) is 9.59 Å². The van der Waals surface area contributed by atoms with Gasteiger partial charge in [0.15, 0.2) is 5.13 Å². The molecule has 0 atom stereocenters. The first-order chi connectivity index (χ1) is 10.2. The van der Waals surface area contributed by atoms with Gasteiger partial charge in [-0.2, -0.15) is 0 Å². The van der Waals surface area contributed by atoms with Crippen molar-refractivity contribution in [3.63, 3.8) is 0 Å². The Morgan fingerprint density at radius 3 is 3.05 bits per heavy atom. The maximum absolute atomic E-state index is 11.9. The number of rotatable bonds is 4. The molecule has 1 N–H and O–H groups in total. The van der Waals surface area contributed by atoms with Crippen LogP contribution in [-0.4, -0.2) is 28.3 Å². The largest absolute Gasteiger partial charge is 0.310 e. The third kappa shape index (κ3) is 3.25. The van der Waals surface area contributed by atoms with Gasteiger partial charge in [0, 0.05) is 24.5 Å². The summed E-state index contributed by atoms with van der Waals surface area (Å²) in [6, 6.07) is 5.32. The van der Waals surface area contributed by atoms with Crippen molar-refractivity contribution < 1.29 is 9.59 Å². The van der Waals surface area contributed by atoms with Gasteiger partial charge in [-0.15, -0.1) is 11.3 Å². The van der Waals surface area contributed by atoms with Crippen LogP contribution in [0.3, 0.4) is 0 Å². The van der Waals surface area contributed by atoms with Crippen LogP contribution in [0.15, 0.2) is 29.8 Å². The van der Waals surface area contributed by atoms with Gasteiger partial charge in [-0.05, 0) is 18.6 Å². The van der Waals surface area contributed by atoms with Gasteiger partial charge < -0.3 is 5.32 Å². The molecule has 1 aliphatic heterocycles. The molecule has 7 heteroatoms. The maximum atomic E-state index is 11.9.